The summed E-state index contributed by atoms with van der Waals surface area (Å²) in [5.74, 6) is 0. The molecule has 0 heterocycles. The van der Waals surface area contributed by atoms with Gasteiger partial charge in [-0.3, -0.25) is 0 Å². The van der Waals surface area contributed by atoms with Crippen molar-refractivity contribution in [3.63, 3.8) is 0 Å². The lowest BCUT2D eigenvalue weighted by Gasteiger charge is -2.02. The van der Waals surface area contributed by atoms with Gasteiger partial charge in [0.05, 0.1) is 0 Å². The predicted octanol–water partition coefficient (Wildman–Crippen LogP) is 0.467. The maximum Gasteiger partial charge on any atom is 0.420 e. The van der Waals surface area contributed by atoms with Crippen LogP contribution in [0.2, 0.25) is 0 Å². The molecule has 1 N–H and O–H groups in total. The van der Waals surface area contributed by atoms with E-state index in [4.69, 9.17) is 10.4 Å². The molecule has 4 heteroatoms. The van der Waals surface area contributed by atoms with E-state index >= 15 is 0 Å². The molecule has 44 valence electrons. The van der Waals surface area contributed by atoms with Crippen molar-refractivity contribution in [2.75, 3.05) is 6.54 Å². The molecule has 0 aromatic heterocycles. The topological polar surface area (TPSA) is 64.3 Å². The van der Waals surface area contributed by atoms with Gasteiger partial charge >= 0.3 is 6.09 Å². The summed E-state index contributed by atoms with van der Waals surface area (Å²) in [7, 11) is 0. The molecule has 0 rings (SSSR count). The Morgan fingerprint density at radius 2 is 2.50 bits per heavy atom. The molecule has 0 unspecified atom stereocenters. The van der Waals surface area contributed by atoms with Gasteiger partial charge in [-0.25, -0.2) is 9.69 Å². The molecule has 8 heavy (non-hydrogen) atoms. The normalized spacial score (nSPS) is 7.50. The van der Waals surface area contributed by atoms with Crippen LogP contribution < -0.4 is 0 Å². The third kappa shape index (κ3) is 1.47. The van der Waals surface area contributed by atoms with Crippen molar-refractivity contribution in [3.8, 4) is 6.19 Å². The highest BCUT2D eigenvalue weighted by molar-refractivity contribution is 5.66. The number of nitrogens with zero attached hydrogens (tertiary/aromatic N) is 2. The van der Waals surface area contributed by atoms with Gasteiger partial charge in [0.2, 0.25) is 0 Å². The number of hydrogen-bond donors (Lipinski definition) is 1. The van der Waals surface area contributed by atoms with E-state index in [1.165, 1.54) is 6.19 Å². The molecule has 0 aliphatic rings. The van der Waals surface area contributed by atoms with E-state index in [0.29, 0.717) is 4.90 Å². The summed E-state index contributed by atoms with van der Waals surface area (Å²) < 4.78 is 0. The van der Waals surface area contributed by atoms with Crippen molar-refractivity contribution >= 4 is 6.09 Å². The first-order valence-electron chi connectivity index (χ1n) is 2.12. The fourth-order valence-corrected chi connectivity index (χ4v) is 0.249. The molecular weight excluding hydrogens is 108 g/mol. The summed E-state index contributed by atoms with van der Waals surface area (Å²) in [6.07, 6.45) is 0.286. The van der Waals surface area contributed by atoms with Crippen molar-refractivity contribution in [1.82, 2.24) is 4.90 Å². The molecule has 0 aromatic rings. The standard InChI is InChI=1S/C4H6N2O2/c1-2-6(3-5)4(7)8/h2H2,1H3,(H,7,8). The van der Waals surface area contributed by atoms with Crippen molar-refractivity contribution in [1.29, 1.82) is 5.26 Å². The molecule has 0 atom stereocenters. The molecule has 0 bridgehead atoms. The number of carbonyl (C=O) groups is 1. The minimum atomic E-state index is -1.20. The second kappa shape index (κ2) is 2.86. The summed E-state index contributed by atoms with van der Waals surface area (Å²) in [5.41, 5.74) is 0. The second-order valence-corrected chi connectivity index (χ2v) is 1.13. The summed E-state index contributed by atoms with van der Waals surface area (Å²) in [6.45, 7) is 1.81. The fourth-order valence-electron chi connectivity index (χ4n) is 0.249. The number of rotatable bonds is 1. The highest BCUT2D eigenvalue weighted by Gasteiger charge is 2.04. The van der Waals surface area contributed by atoms with Crippen LogP contribution in [0.15, 0.2) is 0 Å². The first kappa shape index (κ1) is 6.76. The Balaban J connectivity index is 3.76. The molecule has 0 fully saturated rings. The monoisotopic (exact) mass is 114 g/mol. The average Bonchev–Trinajstić information content (AvgIpc) is 1.69. The minimum Gasteiger partial charge on any atom is -0.464 e. The molecular formula is C4H6N2O2. The van der Waals surface area contributed by atoms with E-state index < -0.39 is 6.09 Å². The van der Waals surface area contributed by atoms with Gasteiger partial charge in [0, 0.05) is 6.54 Å². The molecule has 0 saturated heterocycles. The minimum absolute atomic E-state index is 0.214. The van der Waals surface area contributed by atoms with Gasteiger partial charge in [-0.05, 0) is 6.92 Å². The maximum atomic E-state index is 9.86. The lowest BCUT2D eigenvalue weighted by atomic mass is 10.7. The second-order valence-electron chi connectivity index (χ2n) is 1.13. The number of carboxylic acid groups (broad SMARTS) is 1. The van der Waals surface area contributed by atoms with E-state index in [0.717, 1.165) is 0 Å². The smallest absolute Gasteiger partial charge is 0.420 e. The van der Waals surface area contributed by atoms with Gasteiger partial charge in [-0.1, -0.05) is 0 Å². The van der Waals surface area contributed by atoms with E-state index in [2.05, 4.69) is 0 Å². The zero-order chi connectivity index (χ0) is 6.57. The average molecular weight is 114 g/mol. The maximum absolute atomic E-state index is 9.86. The Kier molecular flexibility index (Phi) is 2.41. The van der Waals surface area contributed by atoms with Crippen LogP contribution in [0.5, 0.6) is 0 Å². The Morgan fingerprint density at radius 1 is 2.00 bits per heavy atom. The number of hydrogen-bond acceptors (Lipinski definition) is 2. The largest absolute Gasteiger partial charge is 0.464 e. The van der Waals surface area contributed by atoms with E-state index in [9.17, 15) is 4.79 Å². The van der Waals surface area contributed by atoms with Crippen molar-refractivity contribution < 1.29 is 9.90 Å². The van der Waals surface area contributed by atoms with E-state index in [1.54, 1.807) is 6.92 Å². The van der Waals surface area contributed by atoms with Crippen molar-refractivity contribution in [2.45, 2.75) is 6.92 Å². The fraction of sp³-hybridized carbons (Fsp3) is 0.500. The third-order valence-corrected chi connectivity index (χ3v) is 0.668. The van der Waals surface area contributed by atoms with Crippen LogP contribution >= 0.6 is 0 Å². The van der Waals surface area contributed by atoms with Crippen molar-refractivity contribution in [3.05, 3.63) is 0 Å². The van der Waals surface area contributed by atoms with Crippen LogP contribution in [0, 0.1) is 11.5 Å². The molecule has 0 saturated carbocycles. The zero-order valence-electron chi connectivity index (χ0n) is 4.46. The summed E-state index contributed by atoms with van der Waals surface area (Å²) in [6, 6.07) is 0. The highest BCUT2D eigenvalue weighted by atomic mass is 16.4. The summed E-state index contributed by atoms with van der Waals surface area (Å²) in [4.78, 5) is 10.5. The van der Waals surface area contributed by atoms with Gasteiger partial charge < -0.3 is 5.11 Å². The van der Waals surface area contributed by atoms with Gasteiger partial charge in [0.15, 0.2) is 6.19 Å². The molecule has 0 aromatic carbocycles. The highest BCUT2D eigenvalue weighted by Crippen LogP contribution is 1.82. The first-order valence-corrected chi connectivity index (χ1v) is 2.12. The number of nitriles is 1. The van der Waals surface area contributed by atoms with Crippen LogP contribution in [0.3, 0.4) is 0 Å². The Bertz CT molecular complexity index is 126. The molecule has 1 amide bonds. The molecule has 0 aliphatic heterocycles. The lowest BCUT2D eigenvalue weighted by molar-refractivity contribution is 0.167. The van der Waals surface area contributed by atoms with E-state index in [1.807, 2.05) is 0 Å². The quantitative estimate of drug-likeness (QED) is 0.398. The van der Waals surface area contributed by atoms with Crippen molar-refractivity contribution in [2.24, 2.45) is 0 Å². The van der Waals surface area contributed by atoms with Crippen LogP contribution in [0.4, 0.5) is 4.79 Å². The van der Waals surface area contributed by atoms with Crippen LogP contribution in [-0.2, 0) is 0 Å². The Morgan fingerprint density at radius 3 is 2.50 bits per heavy atom. The third-order valence-electron chi connectivity index (χ3n) is 0.668. The summed E-state index contributed by atoms with van der Waals surface area (Å²) in [5, 5.41) is 16.1. The number of amides is 1. The van der Waals surface area contributed by atoms with E-state index in [-0.39, 0.29) is 6.54 Å². The van der Waals surface area contributed by atoms with Crippen LogP contribution in [0.1, 0.15) is 6.92 Å². The summed E-state index contributed by atoms with van der Waals surface area (Å²) >= 11 is 0. The Labute approximate surface area is 46.9 Å². The van der Waals surface area contributed by atoms with Crippen LogP contribution in [-0.4, -0.2) is 22.6 Å². The molecule has 0 radical (unpaired) electrons. The van der Waals surface area contributed by atoms with Gasteiger partial charge in [0.25, 0.3) is 0 Å². The molecule has 4 nitrogen and oxygen atoms in total. The van der Waals surface area contributed by atoms with Crippen LogP contribution in [0.25, 0.3) is 0 Å². The zero-order valence-corrected chi connectivity index (χ0v) is 4.46. The molecule has 0 aliphatic carbocycles. The first-order chi connectivity index (χ1) is 3.72. The molecule has 0 spiro atoms. The Hall–Kier alpha value is -1.24. The predicted molar refractivity (Wildman–Crippen MR) is 26.0 cm³/mol. The van der Waals surface area contributed by atoms with Gasteiger partial charge in [-0.2, -0.15) is 5.26 Å². The lowest BCUT2D eigenvalue weighted by Crippen LogP contribution is -2.23. The van der Waals surface area contributed by atoms with Gasteiger partial charge in [0.1, 0.15) is 0 Å². The SMILES string of the molecule is CCN(C#N)C(=O)O. The van der Waals surface area contributed by atoms with Gasteiger partial charge in [-0.15, -0.1) is 0 Å².